The molecular weight excluding hydrogens is 208 g/mol. The Morgan fingerprint density at radius 3 is 3.15 bits per heavy atom. The van der Waals surface area contributed by atoms with Crippen LogP contribution in [0.4, 0.5) is 5.69 Å². The zero-order valence-corrected chi connectivity index (χ0v) is 8.45. The lowest BCUT2D eigenvalue weighted by Crippen LogP contribution is -2.26. The lowest BCUT2D eigenvalue weighted by atomic mass is 10.3. The van der Waals surface area contributed by atoms with Crippen LogP contribution < -0.4 is 5.32 Å². The number of hydrogen-bond donors (Lipinski definition) is 1. The standard InChI is InChI=1S/C8H7ClN2OS/c1-4-8(12)11-6-3-10-2-5(9)7(6)13-4/h2-4H,1H3,(H,11,12). The third-order valence-corrected chi connectivity index (χ3v) is 3.42. The summed E-state index contributed by atoms with van der Waals surface area (Å²) in [4.78, 5) is 16.1. The van der Waals surface area contributed by atoms with Crippen molar-refractivity contribution in [2.75, 3.05) is 5.32 Å². The molecule has 0 radical (unpaired) electrons. The highest BCUT2D eigenvalue weighted by molar-refractivity contribution is 8.01. The summed E-state index contributed by atoms with van der Waals surface area (Å²) in [6.45, 7) is 1.85. The SMILES string of the molecule is CC1Sc2c(Cl)cncc2NC1=O. The van der Waals surface area contributed by atoms with Gasteiger partial charge in [-0.2, -0.15) is 0 Å². The smallest absolute Gasteiger partial charge is 0.237 e. The summed E-state index contributed by atoms with van der Waals surface area (Å²) in [5.74, 6) is 0.00145. The van der Waals surface area contributed by atoms with Crippen LogP contribution in [-0.2, 0) is 4.79 Å². The molecule has 0 saturated heterocycles. The molecule has 0 saturated carbocycles. The molecule has 5 heteroatoms. The zero-order valence-electron chi connectivity index (χ0n) is 6.87. The molecule has 13 heavy (non-hydrogen) atoms. The van der Waals surface area contributed by atoms with Gasteiger partial charge in [0, 0.05) is 6.20 Å². The molecule has 0 fully saturated rings. The Hall–Kier alpha value is -0.740. The van der Waals surface area contributed by atoms with Crippen LogP contribution in [0.25, 0.3) is 0 Å². The van der Waals surface area contributed by atoms with Gasteiger partial charge in [-0.3, -0.25) is 9.78 Å². The first-order chi connectivity index (χ1) is 6.18. The number of anilines is 1. The van der Waals surface area contributed by atoms with E-state index >= 15 is 0 Å². The van der Waals surface area contributed by atoms with E-state index in [4.69, 9.17) is 11.6 Å². The van der Waals surface area contributed by atoms with Gasteiger partial charge in [-0.25, -0.2) is 0 Å². The van der Waals surface area contributed by atoms with Crippen molar-refractivity contribution in [3.8, 4) is 0 Å². The van der Waals surface area contributed by atoms with Crippen molar-refractivity contribution < 1.29 is 4.79 Å². The number of carbonyl (C=O) groups excluding carboxylic acids is 1. The Morgan fingerprint density at radius 1 is 1.62 bits per heavy atom. The van der Waals surface area contributed by atoms with Crippen LogP contribution >= 0.6 is 23.4 Å². The molecule has 3 nitrogen and oxygen atoms in total. The molecule has 1 aromatic rings. The molecule has 1 aliphatic rings. The van der Waals surface area contributed by atoms with Gasteiger partial charge in [0.2, 0.25) is 5.91 Å². The minimum Gasteiger partial charge on any atom is -0.323 e. The molecule has 2 heterocycles. The summed E-state index contributed by atoms with van der Waals surface area (Å²) in [5, 5.41) is 3.25. The van der Waals surface area contributed by atoms with E-state index in [-0.39, 0.29) is 11.2 Å². The van der Waals surface area contributed by atoms with Crippen LogP contribution in [0, 0.1) is 0 Å². The van der Waals surface area contributed by atoms with E-state index in [1.165, 1.54) is 11.8 Å². The van der Waals surface area contributed by atoms with Crippen molar-refractivity contribution in [2.24, 2.45) is 0 Å². The lowest BCUT2D eigenvalue weighted by molar-refractivity contribution is -0.115. The number of rotatable bonds is 0. The number of pyridine rings is 1. The molecule has 1 aliphatic heterocycles. The summed E-state index contributed by atoms with van der Waals surface area (Å²) in [5.41, 5.74) is 0.709. The number of hydrogen-bond acceptors (Lipinski definition) is 3. The fraction of sp³-hybridized carbons (Fsp3) is 0.250. The van der Waals surface area contributed by atoms with Gasteiger partial charge in [-0.05, 0) is 6.92 Å². The third-order valence-electron chi connectivity index (χ3n) is 1.77. The van der Waals surface area contributed by atoms with Crippen molar-refractivity contribution in [3.05, 3.63) is 17.4 Å². The van der Waals surface area contributed by atoms with Gasteiger partial charge in [0.1, 0.15) is 0 Å². The van der Waals surface area contributed by atoms with Gasteiger partial charge in [0.15, 0.2) is 0 Å². The molecule has 0 bridgehead atoms. The topological polar surface area (TPSA) is 42.0 Å². The molecule has 1 unspecified atom stereocenters. The van der Waals surface area contributed by atoms with Crippen molar-refractivity contribution in [1.29, 1.82) is 0 Å². The molecular formula is C8H7ClN2OS. The molecule has 0 aliphatic carbocycles. The highest BCUT2D eigenvalue weighted by Crippen LogP contribution is 2.39. The van der Waals surface area contributed by atoms with Crippen molar-refractivity contribution in [1.82, 2.24) is 4.98 Å². The Morgan fingerprint density at radius 2 is 2.38 bits per heavy atom. The fourth-order valence-electron chi connectivity index (χ4n) is 1.10. The van der Waals surface area contributed by atoms with E-state index in [1.807, 2.05) is 6.92 Å². The Kier molecular flexibility index (Phi) is 2.17. The monoisotopic (exact) mass is 214 g/mol. The maximum atomic E-state index is 11.3. The van der Waals surface area contributed by atoms with Crippen LogP contribution in [0.3, 0.4) is 0 Å². The van der Waals surface area contributed by atoms with Gasteiger partial charge in [-0.1, -0.05) is 11.6 Å². The van der Waals surface area contributed by atoms with Gasteiger partial charge in [-0.15, -0.1) is 11.8 Å². The summed E-state index contributed by atoms with van der Waals surface area (Å²) < 4.78 is 0. The number of nitrogens with one attached hydrogen (secondary N) is 1. The van der Waals surface area contributed by atoms with Gasteiger partial charge in [0.25, 0.3) is 0 Å². The predicted octanol–water partition coefficient (Wildman–Crippen LogP) is 2.17. The average Bonchev–Trinajstić information content (AvgIpc) is 2.09. The normalized spacial score (nSPS) is 20.8. The van der Waals surface area contributed by atoms with Crippen LogP contribution in [0.2, 0.25) is 5.02 Å². The zero-order chi connectivity index (χ0) is 9.42. The number of nitrogens with zero attached hydrogens (tertiary/aromatic N) is 1. The van der Waals surface area contributed by atoms with E-state index in [0.29, 0.717) is 10.7 Å². The molecule has 2 rings (SSSR count). The summed E-state index contributed by atoms with van der Waals surface area (Å²) in [6, 6.07) is 0. The minimum absolute atomic E-state index is 0.00145. The summed E-state index contributed by atoms with van der Waals surface area (Å²) >= 11 is 7.38. The first kappa shape index (κ1) is 8.84. The second kappa shape index (κ2) is 3.20. The van der Waals surface area contributed by atoms with Crippen molar-refractivity contribution >= 4 is 35.0 Å². The highest BCUT2D eigenvalue weighted by Gasteiger charge is 2.24. The van der Waals surface area contributed by atoms with Crippen LogP contribution in [0.1, 0.15) is 6.92 Å². The first-order valence-corrected chi connectivity index (χ1v) is 5.05. The van der Waals surface area contributed by atoms with E-state index in [0.717, 1.165) is 4.90 Å². The third kappa shape index (κ3) is 1.51. The molecule has 68 valence electrons. The number of fused-ring (bicyclic) bond motifs is 1. The second-order valence-corrected chi connectivity index (χ2v) is 4.51. The molecule has 1 aromatic heterocycles. The molecule has 1 N–H and O–H groups in total. The lowest BCUT2D eigenvalue weighted by Gasteiger charge is -2.21. The van der Waals surface area contributed by atoms with Gasteiger partial charge in [0.05, 0.1) is 27.1 Å². The molecule has 0 aromatic carbocycles. The van der Waals surface area contributed by atoms with Gasteiger partial charge >= 0.3 is 0 Å². The Labute approximate surface area is 84.9 Å². The minimum atomic E-state index is -0.0904. The average molecular weight is 215 g/mol. The van der Waals surface area contributed by atoms with Crippen LogP contribution in [-0.4, -0.2) is 16.1 Å². The van der Waals surface area contributed by atoms with E-state index in [2.05, 4.69) is 10.3 Å². The second-order valence-electron chi connectivity index (χ2n) is 2.75. The largest absolute Gasteiger partial charge is 0.323 e. The Bertz CT molecular complexity index is 369. The number of amides is 1. The van der Waals surface area contributed by atoms with Crippen molar-refractivity contribution in [2.45, 2.75) is 17.1 Å². The van der Waals surface area contributed by atoms with E-state index < -0.39 is 0 Å². The number of halogens is 1. The van der Waals surface area contributed by atoms with Crippen molar-refractivity contribution in [3.63, 3.8) is 0 Å². The highest BCUT2D eigenvalue weighted by atomic mass is 35.5. The van der Waals surface area contributed by atoms with E-state index in [1.54, 1.807) is 12.4 Å². The Balaban J connectivity index is 2.48. The fourth-order valence-corrected chi connectivity index (χ4v) is 2.30. The van der Waals surface area contributed by atoms with Crippen LogP contribution in [0.15, 0.2) is 17.3 Å². The maximum absolute atomic E-state index is 11.3. The number of aromatic nitrogens is 1. The quantitative estimate of drug-likeness (QED) is 0.720. The summed E-state index contributed by atoms with van der Waals surface area (Å²) in [7, 11) is 0. The number of carbonyl (C=O) groups is 1. The number of thioether (sulfide) groups is 1. The molecule has 0 spiro atoms. The first-order valence-electron chi connectivity index (χ1n) is 3.79. The van der Waals surface area contributed by atoms with Gasteiger partial charge < -0.3 is 5.32 Å². The molecule has 1 atom stereocenters. The predicted molar refractivity (Wildman–Crippen MR) is 53.2 cm³/mol. The summed E-state index contributed by atoms with van der Waals surface area (Å²) in [6.07, 6.45) is 3.19. The maximum Gasteiger partial charge on any atom is 0.237 e. The van der Waals surface area contributed by atoms with Crippen LogP contribution in [0.5, 0.6) is 0 Å². The molecule has 1 amide bonds. The van der Waals surface area contributed by atoms with E-state index in [9.17, 15) is 4.79 Å².